The molecule has 1 aromatic carbocycles. The first-order chi connectivity index (χ1) is 10.4. The highest BCUT2D eigenvalue weighted by atomic mass is 16.3. The lowest BCUT2D eigenvalue weighted by Gasteiger charge is -2.04. The zero-order chi connectivity index (χ0) is 14.5. The molecule has 0 aliphatic rings. The Kier molecular flexibility index (Phi) is 4.41. The van der Waals surface area contributed by atoms with E-state index in [4.69, 9.17) is 8.83 Å². The Hall–Kier alpha value is -2.00. The van der Waals surface area contributed by atoms with Gasteiger partial charge in [0.1, 0.15) is 11.3 Å². The number of unbranched alkanes of at least 4 members (excludes halogenated alkanes) is 1. The van der Waals surface area contributed by atoms with Crippen LogP contribution < -0.4 is 5.32 Å². The molecule has 1 N–H and O–H groups in total. The molecule has 110 valence electrons. The van der Waals surface area contributed by atoms with Gasteiger partial charge in [0, 0.05) is 36.0 Å². The first-order valence-corrected chi connectivity index (χ1v) is 7.59. The van der Waals surface area contributed by atoms with E-state index in [1.165, 1.54) is 17.4 Å². The molecule has 0 amide bonds. The van der Waals surface area contributed by atoms with Crippen molar-refractivity contribution in [2.24, 2.45) is 0 Å². The lowest BCUT2D eigenvalue weighted by atomic mass is 10.1. The maximum absolute atomic E-state index is 6.03. The standard InChI is InChI=1S/C18H21NO2/c1-2-3-7-18-16(12-19-11-14-9-10-20-13-14)15-6-4-5-8-17(15)21-18/h4-6,8-10,13,19H,2-3,7,11-12H2,1H3. The Morgan fingerprint density at radius 2 is 2.00 bits per heavy atom. The van der Waals surface area contributed by atoms with Gasteiger partial charge in [0.15, 0.2) is 0 Å². The van der Waals surface area contributed by atoms with Crippen molar-refractivity contribution < 1.29 is 8.83 Å². The number of fused-ring (bicyclic) bond motifs is 1. The molecule has 0 spiro atoms. The summed E-state index contributed by atoms with van der Waals surface area (Å²) in [7, 11) is 0. The highest BCUT2D eigenvalue weighted by molar-refractivity contribution is 5.82. The van der Waals surface area contributed by atoms with E-state index in [0.717, 1.165) is 42.8 Å². The molecule has 0 radical (unpaired) electrons. The number of hydrogen-bond acceptors (Lipinski definition) is 3. The maximum atomic E-state index is 6.03. The van der Waals surface area contributed by atoms with Gasteiger partial charge < -0.3 is 14.2 Å². The van der Waals surface area contributed by atoms with Crippen LogP contribution in [0, 0.1) is 0 Å². The van der Waals surface area contributed by atoms with Crippen LogP contribution in [0.25, 0.3) is 11.0 Å². The first kappa shape index (κ1) is 14.0. The molecule has 0 fully saturated rings. The van der Waals surface area contributed by atoms with Gasteiger partial charge in [-0.05, 0) is 18.6 Å². The molecule has 3 nitrogen and oxygen atoms in total. The SMILES string of the molecule is CCCCc1oc2ccccc2c1CNCc1ccoc1. The maximum Gasteiger partial charge on any atom is 0.134 e. The van der Waals surface area contributed by atoms with E-state index in [0.29, 0.717) is 0 Å². The number of hydrogen-bond donors (Lipinski definition) is 1. The summed E-state index contributed by atoms with van der Waals surface area (Å²) in [5.41, 5.74) is 3.45. The average molecular weight is 283 g/mol. The van der Waals surface area contributed by atoms with Crippen LogP contribution in [-0.4, -0.2) is 0 Å². The van der Waals surface area contributed by atoms with Crippen molar-refractivity contribution in [2.75, 3.05) is 0 Å². The van der Waals surface area contributed by atoms with E-state index in [2.05, 4.69) is 24.4 Å². The Labute approximate surface area is 124 Å². The summed E-state index contributed by atoms with van der Waals surface area (Å²) in [5, 5.41) is 4.70. The zero-order valence-electron chi connectivity index (χ0n) is 12.4. The number of aryl methyl sites for hydroxylation is 1. The minimum absolute atomic E-state index is 0.809. The third-order valence-corrected chi connectivity index (χ3v) is 3.75. The normalized spacial score (nSPS) is 11.3. The fraction of sp³-hybridized carbons (Fsp3) is 0.333. The van der Waals surface area contributed by atoms with Crippen LogP contribution in [0.15, 0.2) is 51.7 Å². The summed E-state index contributed by atoms with van der Waals surface area (Å²) in [5.74, 6) is 1.12. The van der Waals surface area contributed by atoms with E-state index in [9.17, 15) is 0 Å². The molecule has 3 aromatic rings. The van der Waals surface area contributed by atoms with Gasteiger partial charge in [-0.15, -0.1) is 0 Å². The molecule has 3 rings (SSSR count). The van der Waals surface area contributed by atoms with Crippen molar-refractivity contribution in [3.05, 3.63) is 59.7 Å². The Balaban J connectivity index is 1.77. The first-order valence-electron chi connectivity index (χ1n) is 7.59. The number of rotatable bonds is 7. The quantitative estimate of drug-likeness (QED) is 0.685. The molecular weight excluding hydrogens is 262 g/mol. The molecule has 2 aromatic heterocycles. The molecule has 3 heteroatoms. The van der Waals surface area contributed by atoms with Crippen LogP contribution in [0.3, 0.4) is 0 Å². The van der Waals surface area contributed by atoms with Crippen molar-refractivity contribution in [3.8, 4) is 0 Å². The topological polar surface area (TPSA) is 38.3 Å². The summed E-state index contributed by atoms with van der Waals surface area (Å²) >= 11 is 0. The third kappa shape index (κ3) is 3.19. The summed E-state index contributed by atoms with van der Waals surface area (Å²) in [6.45, 7) is 3.84. The summed E-state index contributed by atoms with van der Waals surface area (Å²) < 4.78 is 11.1. The third-order valence-electron chi connectivity index (χ3n) is 3.75. The highest BCUT2D eigenvalue weighted by Gasteiger charge is 2.13. The fourth-order valence-electron chi connectivity index (χ4n) is 2.61. The molecule has 0 aliphatic carbocycles. The van der Waals surface area contributed by atoms with Crippen LogP contribution in [0.4, 0.5) is 0 Å². The van der Waals surface area contributed by atoms with Gasteiger partial charge in [0.25, 0.3) is 0 Å². The molecule has 0 unspecified atom stereocenters. The number of para-hydroxylation sites is 1. The minimum atomic E-state index is 0.809. The van der Waals surface area contributed by atoms with Crippen LogP contribution in [0.2, 0.25) is 0 Å². The smallest absolute Gasteiger partial charge is 0.134 e. The second-order valence-corrected chi connectivity index (χ2v) is 5.34. The Morgan fingerprint density at radius 3 is 2.81 bits per heavy atom. The van der Waals surface area contributed by atoms with Crippen molar-refractivity contribution in [3.63, 3.8) is 0 Å². The molecule has 0 aliphatic heterocycles. The number of benzene rings is 1. The van der Waals surface area contributed by atoms with Crippen LogP contribution in [0.5, 0.6) is 0 Å². The van der Waals surface area contributed by atoms with Crippen LogP contribution in [0.1, 0.15) is 36.7 Å². The monoisotopic (exact) mass is 283 g/mol. The van der Waals surface area contributed by atoms with Crippen LogP contribution >= 0.6 is 0 Å². The fourth-order valence-corrected chi connectivity index (χ4v) is 2.61. The lowest BCUT2D eigenvalue weighted by Crippen LogP contribution is -2.13. The van der Waals surface area contributed by atoms with Gasteiger partial charge in [-0.3, -0.25) is 0 Å². The van der Waals surface area contributed by atoms with E-state index in [1.807, 2.05) is 18.2 Å². The van der Waals surface area contributed by atoms with Crippen LogP contribution in [-0.2, 0) is 19.5 Å². The predicted molar refractivity (Wildman–Crippen MR) is 84.1 cm³/mol. The van der Waals surface area contributed by atoms with Crippen molar-refractivity contribution in [1.29, 1.82) is 0 Å². The molecule has 0 atom stereocenters. The largest absolute Gasteiger partial charge is 0.472 e. The number of nitrogens with one attached hydrogen (secondary N) is 1. The van der Waals surface area contributed by atoms with E-state index in [1.54, 1.807) is 12.5 Å². The van der Waals surface area contributed by atoms with Crippen molar-refractivity contribution in [2.45, 2.75) is 39.3 Å². The van der Waals surface area contributed by atoms with Gasteiger partial charge in [-0.1, -0.05) is 31.5 Å². The molecule has 21 heavy (non-hydrogen) atoms. The second kappa shape index (κ2) is 6.64. The van der Waals surface area contributed by atoms with Gasteiger partial charge >= 0.3 is 0 Å². The summed E-state index contributed by atoms with van der Waals surface area (Å²) in [6.07, 6.45) is 6.83. The molecule has 2 heterocycles. The molecule has 0 saturated carbocycles. The Morgan fingerprint density at radius 1 is 1.10 bits per heavy atom. The lowest BCUT2D eigenvalue weighted by molar-refractivity contribution is 0.524. The number of furan rings is 2. The molecule has 0 saturated heterocycles. The van der Waals surface area contributed by atoms with E-state index >= 15 is 0 Å². The summed E-state index contributed by atoms with van der Waals surface area (Å²) in [4.78, 5) is 0. The second-order valence-electron chi connectivity index (χ2n) is 5.34. The van der Waals surface area contributed by atoms with Gasteiger partial charge in [0.05, 0.1) is 12.5 Å². The van der Waals surface area contributed by atoms with E-state index < -0.39 is 0 Å². The zero-order valence-corrected chi connectivity index (χ0v) is 12.4. The Bertz CT molecular complexity index is 682. The predicted octanol–water partition coefficient (Wildman–Crippen LogP) is 4.66. The average Bonchev–Trinajstić information content (AvgIpc) is 3.13. The van der Waals surface area contributed by atoms with Crippen molar-refractivity contribution >= 4 is 11.0 Å². The highest BCUT2D eigenvalue weighted by Crippen LogP contribution is 2.27. The summed E-state index contributed by atoms with van der Waals surface area (Å²) in [6, 6.07) is 10.3. The van der Waals surface area contributed by atoms with Crippen molar-refractivity contribution in [1.82, 2.24) is 5.32 Å². The van der Waals surface area contributed by atoms with Gasteiger partial charge in [-0.2, -0.15) is 0 Å². The molecule has 0 bridgehead atoms. The van der Waals surface area contributed by atoms with Gasteiger partial charge in [0.2, 0.25) is 0 Å². The van der Waals surface area contributed by atoms with E-state index in [-0.39, 0.29) is 0 Å². The minimum Gasteiger partial charge on any atom is -0.472 e. The van der Waals surface area contributed by atoms with Gasteiger partial charge in [-0.25, -0.2) is 0 Å². The molecular formula is C18H21NO2.